The van der Waals surface area contributed by atoms with Crippen molar-refractivity contribution in [3.05, 3.63) is 107 Å². The first-order chi connectivity index (χ1) is 36.7. The van der Waals surface area contributed by atoms with Gasteiger partial charge < -0.3 is 58.5 Å². The minimum absolute atomic E-state index is 0.0733. The Labute approximate surface area is 439 Å². The second kappa shape index (κ2) is 16.9. The molecule has 18 nitrogen and oxygen atoms in total. The summed E-state index contributed by atoms with van der Waals surface area (Å²) < 4.78 is 21.6. The van der Waals surface area contributed by atoms with E-state index in [2.05, 4.69) is 54.5 Å². The molecule has 0 radical (unpaired) electrons. The number of nitrogens with zero attached hydrogens (tertiary/aromatic N) is 2. The van der Waals surface area contributed by atoms with Crippen LogP contribution in [0.3, 0.4) is 0 Å². The fourth-order valence-electron chi connectivity index (χ4n) is 12.7. The number of aromatic nitrogens is 4. The molecule has 10 aromatic rings. The lowest BCUT2D eigenvalue weighted by atomic mass is 9.96. The van der Waals surface area contributed by atoms with Crippen molar-refractivity contribution in [2.45, 2.75) is 100 Å². The summed E-state index contributed by atoms with van der Waals surface area (Å²) in [6.07, 6.45) is -5.90. The second-order valence-electron chi connectivity index (χ2n) is 22.4. The predicted octanol–water partition coefficient (Wildman–Crippen LogP) is 7.73. The molecular formula is C58H56N6O12Si. The van der Waals surface area contributed by atoms with E-state index in [1.54, 1.807) is 26.4 Å². The molecule has 2 fully saturated rings. The third-order valence-corrected chi connectivity index (χ3v) is 21.8. The fraction of sp³-hybridized carbons (Fsp3) is 0.310. The predicted molar refractivity (Wildman–Crippen MR) is 294 cm³/mol. The summed E-state index contributed by atoms with van der Waals surface area (Å²) >= 11 is 0. The second-order valence-corrected chi connectivity index (χ2v) is 27.2. The van der Waals surface area contributed by atoms with Crippen molar-refractivity contribution < 1.29 is 58.6 Å². The van der Waals surface area contributed by atoms with Gasteiger partial charge in [0.25, 0.3) is 23.6 Å². The zero-order chi connectivity index (χ0) is 54.0. The van der Waals surface area contributed by atoms with E-state index in [1.807, 2.05) is 81.9 Å². The number of carbonyl (C=O) groups excluding carboxylic acids is 4. The average Bonchev–Trinajstić information content (AvgIpc) is 4.15. The van der Waals surface area contributed by atoms with Crippen LogP contribution in [-0.2, 0) is 4.43 Å². The number of para-hydroxylation sites is 2. The summed E-state index contributed by atoms with van der Waals surface area (Å²) in [6.45, 7) is 10.7. The number of hydrogen-bond acceptors (Lipinski definition) is 12. The number of aliphatic hydroxyl groups excluding tert-OH is 5. The Bertz CT molecular complexity index is 4260. The van der Waals surface area contributed by atoms with E-state index in [1.165, 1.54) is 0 Å². The lowest BCUT2D eigenvalue weighted by molar-refractivity contribution is -0.0241. The molecule has 2 saturated carbocycles. The van der Waals surface area contributed by atoms with Gasteiger partial charge in [-0.05, 0) is 79.5 Å². The third-order valence-electron chi connectivity index (χ3n) is 17.3. The smallest absolute Gasteiger partial charge is 0.259 e. The first-order valence-corrected chi connectivity index (χ1v) is 28.6. The van der Waals surface area contributed by atoms with Gasteiger partial charge in [0, 0.05) is 65.2 Å². The number of amides is 4. The van der Waals surface area contributed by atoms with Gasteiger partial charge in [-0.2, -0.15) is 0 Å². The molecule has 2 aliphatic carbocycles. The van der Waals surface area contributed by atoms with Gasteiger partial charge in [0.15, 0.2) is 8.32 Å². The number of benzene rings is 6. The van der Waals surface area contributed by atoms with Crippen LogP contribution in [0.2, 0.25) is 18.1 Å². The van der Waals surface area contributed by atoms with Crippen LogP contribution >= 0.6 is 0 Å². The number of aromatic amines is 2. The first-order valence-electron chi connectivity index (χ1n) is 25.7. The number of rotatable bonds is 6. The molecule has 0 spiro atoms. The maximum Gasteiger partial charge on any atom is 0.259 e. The van der Waals surface area contributed by atoms with E-state index in [0.717, 1.165) is 32.7 Å². The van der Waals surface area contributed by atoms with Crippen molar-refractivity contribution in [2.75, 3.05) is 14.2 Å². The van der Waals surface area contributed by atoms with E-state index in [0.29, 0.717) is 89.1 Å². The highest BCUT2D eigenvalue weighted by atomic mass is 28.4. The zero-order valence-electron chi connectivity index (χ0n) is 43.1. The van der Waals surface area contributed by atoms with Gasteiger partial charge in [0.05, 0.1) is 82.8 Å². The Morgan fingerprint density at radius 3 is 1.36 bits per heavy atom. The largest absolute Gasteiger partial charge is 0.497 e. The lowest BCUT2D eigenvalue weighted by Crippen LogP contribution is -2.46. The maximum absolute atomic E-state index is 13.5. The monoisotopic (exact) mass is 1060 g/mol. The van der Waals surface area contributed by atoms with Crippen LogP contribution in [0.1, 0.15) is 87.1 Å². The Balaban J connectivity index is 0.000000149. The number of ether oxygens (including phenoxy) is 2. The van der Waals surface area contributed by atoms with Crippen molar-refractivity contribution in [1.29, 1.82) is 0 Å². The molecule has 9 N–H and O–H groups in total. The number of hydrogen-bond donors (Lipinski definition) is 9. The van der Waals surface area contributed by atoms with E-state index >= 15 is 0 Å². The number of imide groups is 2. The van der Waals surface area contributed by atoms with E-state index in [4.69, 9.17) is 13.9 Å². The quantitative estimate of drug-likeness (QED) is 0.0573. The normalized spacial score (nSPS) is 23.6. The van der Waals surface area contributed by atoms with Gasteiger partial charge in [0.1, 0.15) is 35.9 Å². The van der Waals surface area contributed by atoms with Crippen molar-refractivity contribution in [3.8, 4) is 11.5 Å². The molecule has 4 aromatic heterocycles. The Morgan fingerprint density at radius 2 is 0.948 bits per heavy atom. The Kier molecular flexibility index (Phi) is 10.8. The molecular weight excluding hydrogens is 1000 g/mol. The standard InChI is InChI=1S/C32H35N3O6Si.C26H21N3O6/c1-32(2,3)42(5,6)41-21-14-20(28(36)29(21)37)35-19-12-11-15(40-4)13-17(19)23-25-24(30(38)34-31(25)39)22-16-9-7-8-10-18(16)33-26(22)27(23)35;1-35-10-6-7-14-12(8-10)18-20-19(25(33)28-26(20)34)17-11-4-2-3-5-13(11)27-21(17)22(18)29(14)15-9-16(30)24(32)23(15)31/h7-13,20-21,28-29,33,36-37H,14H2,1-6H3,(H,34,38,39);2-8,15-16,23-24,27,30-32H,9H2,1H3,(H,28,33,34)/t20?,21-,28-,29+;15?,16-,23-,24+/m00/s1. The highest BCUT2D eigenvalue weighted by molar-refractivity contribution is 6.74. The van der Waals surface area contributed by atoms with Crippen LogP contribution in [0.25, 0.3) is 87.2 Å². The van der Waals surface area contributed by atoms with Gasteiger partial charge in [-0.25, -0.2) is 0 Å². The van der Waals surface area contributed by atoms with Crippen LogP contribution in [0.4, 0.5) is 0 Å². The van der Waals surface area contributed by atoms with Crippen LogP contribution in [0, 0.1) is 0 Å². The zero-order valence-corrected chi connectivity index (χ0v) is 44.1. The SMILES string of the molecule is COc1ccc2c(c1)c1c3c(c4c5ccccc5[nH]c4c1n2C1C[C@H](O)[C@@H](O)[C@H]1O)C(=O)NC3=O.COc1ccc2c(c1)c1c3c(c4c5ccccc5[nH]c4c1n2C1C[C@H](O[Si](C)(C)C(C)(C)C)[C@@H](O)[C@H]1O)C(=O)NC3=O. The fourth-order valence-corrected chi connectivity index (χ4v) is 14.0. The molecule has 4 aliphatic rings. The topological polar surface area (TPSA) is 263 Å². The van der Waals surface area contributed by atoms with E-state index in [-0.39, 0.29) is 17.0 Å². The molecule has 6 aromatic carbocycles. The third kappa shape index (κ3) is 6.81. The summed E-state index contributed by atoms with van der Waals surface area (Å²) in [5, 5.41) is 65.0. The summed E-state index contributed by atoms with van der Waals surface area (Å²) in [5.74, 6) is -0.676. The minimum atomic E-state index is -2.27. The molecule has 0 saturated heterocycles. The average molecular weight is 1060 g/mol. The molecule has 77 heavy (non-hydrogen) atoms. The van der Waals surface area contributed by atoms with Crippen LogP contribution in [0.15, 0.2) is 84.9 Å². The maximum atomic E-state index is 13.5. The van der Waals surface area contributed by atoms with Crippen molar-refractivity contribution in [3.63, 3.8) is 0 Å². The van der Waals surface area contributed by atoms with Crippen LogP contribution in [-0.4, -0.2) is 127 Å². The Hall–Kier alpha value is -7.62. The van der Waals surface area contributed by atoms with Crippen molar-refractivity contribution >= 4 is 119 Å². The van der Waals surface area contributed by atoms with Gasteiger partial charge in [-0.3, -0.25) is 29.8 Å². The number of aliphatic hydroxyl groups is 5. The van der Waals surface area contributed by atoms with Gasteiger partial charge in [0.2, 0.25) is 0 Å². The summed E-state index contributed by atoms with van der Waals surface area (Å²) in [6, 6.07) is 25.0. The molecule has 19 heteroatoms. The molecule has 14 rings (SSSR count). The summed E-state index contributed by atoms with van der Waals surface area (Å²) in [7, 11) is 0.860. The number of fused-ring (bicyclic) bond motifs is 20. The Morgan fingerprint density at radius 1 is 0.532 bits per heavy atom. The van der Waals surface area contributed by atoms with Crippen LogP contribution in [0.5, 0.6) is 11.5 Å². The molecule has 2 unspecified atom stereocenters. The van der Waals surface area contributed by atoms with Gasteiger partial charge in [-0.15, -0.1) is 0 Å². The number of nitrogens with one attached hydrogen (secondary N) is 4. The van der Waals surface area contributed by atoms with E-state index in [9.17, 15) is 44.7 Å². The number of carbonyl (C=O) groups is 4. The highest BCUT2D eigenvalue weighted by Crippen LogP contribution is 2.51. The molecule has 0 bridgehead atoms. The molecule has 4 amide bonds. The van der Waals surface area contributed by atoms with Crippen LogP contribution < -0.4 is 20.1 Å². The molecule has 6 heterocycles. The van der Waals surface area contributed by atoms with Crippen molar-refractivity contribution in [1.82, 2.24) is 29.7 Å². The van der Waals surface area contributed by atoms with Gasteiger partial charge >= 0.3 is 0 Å². The van der Waals surface area contributed by atoms with Gasteiger partial charge in [-0.1, -0.05) is 57.2 Å². The summed E-state index contributed by atoms with van der Waals surface area (Å²) in [5.41, 5.74) is 6.95. The number of methoxy groups -OCH3 is 2. The number of H-pyrrole nitrogens is 2. The van der Waals surface area contributed by atoms with E-state index < -0.39 is 80.7 Å². The van der Waals surface area contributed by atoms with Crippen molar-refractivity contribution in [2.24, 2.45) is 0 Å². The highest BCUT2D eigenvalue weighted by Gasteiger charge is 2.50. The first kappa shape index (κ1) is 49.0. The molecule has 8 atom stereocenters. The lowest BCUT2D eigenvalue weighted by Gasteiger charge is -2.39. The molecule has 394 valence electrons. The summed E-state index contributed by atoms with van der Waals surface area (Å²) in [4.78, 5) is 59.9. The molecule has 2 aliphatic heterocycles. The minimum Gasteiger partial charge on any atom is -0.497 e.